The minimum absolute atomic E-state index is 0.00309. The number of amides is 11. The molecule has 1 unspecified atom stereocenters. The second-order valence-corrected chi connectivity index (χ2v) is 30.8. The van der Waals surface area contributed by atoms with Gasteiger partial charge in [-0.25, -0.2) is 14.6 Å². The molecule has 3 saturated heterocycles. The molecule has 6 aromatic rings. The van der Waals surface area contributed by atoms with Crippen LogP contribution in [0.3, 0.4) is 0 Å². The van der Waals surface area contributed by atoms with E-state index in [1.165, 1.54) is 53.1 Å². The molecule has 3 fully saturated rings. The Morgan fingerprint density at radius 3 is 2.16 bits per heavy atom. The van der Waals surface area contributed by atoms with Crippen LogP contribution in [0.1, 0.15) is 134 Å². The number of piperazine rings is 1. The summed E-state index contributed by atoms with van der Waals surface area (Å²) in [5.41, 5.74) is 11.8. The van der Waals surface area contributed by atoms with Crippen LogP contribution in [0, 0.1) is 24.7 Å². The maximum absolute atomic E-state index is 15.1. The zero-order valence-corrected chi connectivity index (χ0v) is 65.0. The number of fused-ring (bicyclic) bond motifs is 3. The van der Waals surface area contributed by atoms with Crippen molar-refractivity contribution in [3.63, 3.8) is 0 Å². The van der Waals surface area contributed by atoms with Gasteiger partial charge in [0.2, 0.25) is 35.6 Å². The first-order valence-corrected chi connectivity index (χ1v) is 39.2. The SMILES string of the molecule is CC(=O)N[C@H](C(=O)N[C@@H](CCCNC(N)=O)C(=O)Nc1ccc(C(OC(=O)N2C[C@H]3CN(CC4CCN(CCOc5cc([C@H](C(=O)N6C[C@H](O)C[C@H]6C(=O)N[C@@H](C)c6ccc(-c7scnc7C)cc6)C(C)C)on5)CC4)CCN3c3cc(-c4ccccc4O)nnc32)C(=O)NCCCCCN2C(=O)C=CC2=O)cc1)C(C)C. The molecule has 0 spiro atoms. The van der Waals surface area contributed by atoms with Crippen molar-refractivity contribution in [3.8, 4) is 33.3 Å². The van der Waals surface area contributed by atoms with Gasteiger partial charge in [-0.15, -0.1) is 21.5 Å². The van der Waals surface area contributed by atoms with Gasteiger partial charge in [0.15, 0.2) is 11.6 Å². The number of nitrogens with one attached hydrogen (secondary N) is 6. The van der Waals surface area contributed by atoms with Crippen LogP contribution in [0.2, 0.25) is 0 Å². The normalized spacial score (nSPS) is 18.6. The molecule has 112 heavy (non-hydrogen) atoms. The number of nitrogens with two attached hydrogens (primary N) is 1. The number of benzene rings is 3. The second-order valence-electron chi connectivity index (χ2n) is 29.9. The molecule has 3 aromatic heterocycles. The number of likely N-dealkylation sites (tertiary alicyclic amines) is 2. The third-order valence-corrected chi connectivity index (χ3v) is 22.0. The number of carbonyl (C=O) groups is 10. The van der Waals surface area contributed by atoms with Gasteiger partial charge in [0.1, 0.15) is 36.4 Å². The fraction of sp³-hybridized carbons (Fsp3) is 0.494. The van der Waals surface area contributed by atoms with E-state index in [1.807, 2.05) is 57.5 Å². The summed E-state index contributed by atoms with van der Waals surface area (Å²) in [7, 11) is 0. The molecule has 8 heterocycles. The highest BCUT2D eigenvalue weighted by Gasteiger charge is 2.45. The zero-order chi connectivity index (χ0) is 79.9. The lowest BCUT2D eigenvalue weighted by Gasteiger charge is -2.48. The van der Waals surface area contributed by atoms with E-state index in [0.717, 1.165) is 59.1 Å². The fourth-order valence-corrected chi connectivity index (χ4v) is 15.8. The van der Waals surface area contributed by atoms with Gasteiger partial charge in [-0.2, -0.15) is 0 Å². The first-order chi connectivity index (χ1) is 53.8. The van der Waals surface area contributed by atoms with E-state index < -0.39 is 83.8 Å². The van der Waals surface area contributed by atoms with Crippen molar-refractivity contribution in [1.29, 1.82) is 0 Å². The van der Waals surface area contributed by atoms with Gasteiger partial charge >= 0.3 is 12.1 Å². The zero-order valence-electron chi connectivity index (χ0n) is 64.2. The van der Waals surface area contributed by atoms with Crippen molar-refractivity contribution >= 4 is 87.9 Å². The molecule has 3 aromatic carbocycles. The molecule has 8 atom stereocenters. The summed E-state index contributed by atoms with van der Waals surface area (Å²) < 4.78 is 18.3. The Labute approximate surface area is 653 Å². The standard InChI is InChI=1S/C79H101N17O15S/c1-46(2)68(77(106)95-44-57(98)38-62(95)74(103)84-48(5)52-17-19-54(20-18-52)71-49(6)83-45-112-71)64-40-65(90-111-64)109-37-36-91-32-27-51(28-33-91)41-92-34-35-93-56(42-92)43-96(72-61(93)39-60(88-89-72)58-14-9-10-16-63(58)99)79(108)110-70(76(105)81-29-11-8-12-31-94-66(100)25-26-67(94)101)53-21-23-55(24-22-53)86-73(102)59(15-13-30-82-78(80)107)87-75(104)69(47(3)4)85-50(7)97/h9-10,14,16-26,39-40,45-48,51,56-57,59,62,68-70,98-99H,8,11-13,15,27-38,41-44H2,1-7H3,(H,81,105)(H,84,103)(H,85,97)(H,86,102)(H,87,104)(H3,80,82,107)/t48-,56+,57+,59-,62-,68+,69-,70?/m0/s1. The van der Waals surface area contributed by atoms with Crippen LogP contribution in [0.4, 0.5) is 26.8 Å². The number of aryl methyl sites for hydroxylation is 1. The quantitative estimate of drug-likeness (QED) is 0.0167. The summed E-state index contributed by atoms with van der Waals surface area (Å²) in [4.78, 5) is 150. The van der Waals surface area contributed by atoms with E-state index in [2.05, 4.69) is 66.9 Å². The van der Waals surface area contributed by atoms with Crippen LogP contribution in [0.15, 0.2) is 107 Å². The first-order valence-electron chi connectivity index (χ1n) is 38.3. The number of phenols is 1. The lowest BCUT2D eigenvalue weighted by Crippen LogP contribution is -2.61. The Balaban J connectivity index is 0.719. The van der Waals surface area contributed by atoms with Crippen LogP contribution in [0.5, 0.6) is 11.6 Å². The molecule has 0 saturated carbocycles. The summed E-state index contributed by atoms with van der Waals surface area (Å²) in [6.07, 6.45) is 2.76. The van der Waals surface area contributed by atoms with Gasteiger partial charge in [0.05, 0.1) is 52.2 Å². The number of urea groups is 1. The monoisotopic (exact) mass is 1560 g/mol. The van der Waals surface area contributed by atoms with Crippen molar-refractivity contribution in [2.24, 2.45) is 23.5 Å². The molecule has 0 radical (unpaired) electrons. The minimum atomic E-state index is -1.57. The Morgan fingerprint density at radius 1 is 0.750 bits per heavy atom. The average Bonchev–Trinajstić information content (AvgIpc) is 0.935. The molecule has 0 aliphatic carbocycles. The van der Waals surface area contributed by atoms with Crippen LogP contribution < -0.4 is 52.2 Å². The van der Waals surface area contributed by atoms with Gasteiger partial charge in [-0.05, 0) is 136 Å². The fourth-order valence-electron chi connectivity index (χ4n) is 15.0. The number of primary amides is 1. The largest absolute Gasteiger partial charge is 0.507 e. The number of piperidine rings is 1. The number of ether oxygens (including phenoxy) is 2. The number of aliphatic hydroxyl groups is 1. The summed E-state index contributed by atoms with van der Waals surface area (Å²) >= 11 is 1.57. The van der Waals surface area contributed by atoms with Gasteiger partial charge in [0.25, 0.3) is 23.6 Å². The molecule has 5 aliphatic rings. The van der Waals surface area contributed by atoms with Crippen LogP contribution in [-0.4, -0.2) is 225 Å². The first kappa shape index (κ1) is 82.1. The number of rotatable bonds is 33. The molecule has 11 amide bonds. The number of aromatic nitrogens is 4. The third kappa shape index (κ3) is 20.8. The smallest absolute Gasteiger partial charge is 0.416 e. The average molecular weight is 1560 g/mol. The number of nitrogens with zero attached hydrogens (tertiary/aromatic N) is 10. The van der Waals surface area contributed by atoms with E-state index in [1.54, 1.807) is 61.6 Å². The maximum Gasteiger partial charge on any atom is 0.416 e. The summed E-state index contributed by atoms with van der Waals surface area (Å²) in [5.74, 6) is -4.17. The summed E-state index contributed by atoms with van der Waals surface area (Å²) in [5, 5.41) is 51.8. The molecule has 32 nitrogen and oxygen atoms in total. The van der Waals surface area contributed by atoms with E-state index >= 15 is 4.79 Å². The molecule has 33 heteroatoms. The van der Waals surface area contributed by atoms with E-state index in [0.29, 0.717) is 80.7 Å². The number of unbranched alkanes of at least 4 members (excludes halogenated alkanes) is 2. The molecular formula is C79H101N17O15S. The van der Waals surface area contributed by atoms with Crippen LogP contribution in [0.25, 0.3) is 21.7 Å². The van der Waals surface area contributed by atoms with Crippen molar-refractivity contribution in [2.75, 3.05) is 100 Å². The number of carbonyl (C=O) groups excluding carboxylic acids is 10. The second kappa shape index (κ2) is 37.9. The molecule has 10 N–H and O–H groups in total. The lowest BCUT2D eigenvalue weighted by atomic mass is 9.91. The highest BCUT2D eigenvalue weighted by atomic mass is 32.1. The highest BCUT2D eigenvalue weighted by molar-refractivity contribution is 7.13. The van der Waals surface area contributed by atoms with Crippen molar-refractivity contribution < 1.29 is 72.2 Å². The Kier molecular flexibility index (Phi) is 27.8. The topological polar surface area (TPSA) is 412 Å². The number of hydrogen-bond acceptors (Lipinski definition) is 23. The minimum Gasteiger partial charge on any atom is -0.507 e. The summed E-state index contributed by atoms with van der Waals surface area (Å²) in [6.45, 7) is 18.1. The number of imide groups is 1. The van der Waals surface area contributed by atoms with Crippen LogP contribution >= 0.6 is 11.3 Å². The predicted octanol–water partition coefficient (Wildman–Crippen LogP) is 6.07. The van der Waals surface area contributed by atoms with E-state index in [4.69, 9.17) is 19.7 Å². The number of aliphatic hydroxyl groups excluding tert-OH is 1. The molecule has 598 valence electrons. The van der Waals surface area contributed by atoms with Gasteiger partial charge < -0.3 is 71.6 Å². The lowest BCUT2D eigenvalue weighted by molar-refractivity contribution is -0.141. The van der Waals surface area contributed by atoms with Gasteiger partial charge in [-0.3, -0.25) is 58.0 Å². The third-order valence-electron chi connectivity index (χ3n) is 21.1. The van der Waals surface area contributed by atoms with Crippen molar-refractivity contribution in [3.05, 3.63) is 125 Å². The summed E-state index contributed by atoms with van der Waals surface area (Å²) in [6, 6.07) is 19.8. The molecular weight excluding hydrogens is 1460 g/mol. The highest BCUT2D eigenvalue weighted by Crippen LogP contribution is 2.41. The number of para-hydroxylation sites is 1. The molecule has 11 rings (SSSR count). The number of thiazole rings is 1. The number of hydrogen-bond donors (Lipinski definition) is 9. The van der Waals surface area contributed by atoms with Gasteiger partial charge in [-0.1, -0.05) is 76.2 Å². The molecule has 5 aliphatic heterocycles. The maximum atomic E-state index is 15.1. The Bertz CT molecular complexity index is 4360. The predicted molar refractivity (Wildman–Crippen MR) is 416 cm³/mol. The van der Waals surface area contributed by atoms with Crippen LogP contribution in [-0.2, 0) is 43.1 Å². The number of aromatic hydroxyl groups is 1. The Morgan fingerprint density at radius 2 is 1.47 bits per heavy atom. The number of phenolic OH excluding ortho intramolecular Hbond substituents is 1. The number of β-amino-alcohol motifs (C(OH)–C–C–N with tert-alkyl or cyclic N) is 1. The Hall–Kier alpha value is -10.9. The van der Waals surface area contributed by atoms with Crippen molar-refractivity contribution in [2.45, 2.75) is 148 Å². The van der Waals surface area contributed by atoms with E-state index in [-0.39, 0.29) is 116 Å². The number of anilines is 3. The van der Waals surface area contributed by atoms with Crippen molar-refractivity contribution in [1.82, 2.24) is 66.5 Å². The van der Waals surface area contributed by atoms with E-state index in [9.17, 15) is 53.4 Å². The van der Waals surface area contributed by atoms with Gasteiger partial charge in [0, 0.05) is 107 Å². The molecule has 0 bridgehead atoms.